The number of ether oxygens (including phenoxy) is 1. The fourth-order valence-corrected chi connectivity index (χ4v) is 5.69. The molecule has 37 heavy (non-hydrogen) atoms. The molecular formula is C24H23ClN6O5S. The number of benzene rings is 1. The summed E-state index contributed by atoms with van der Waals surface area (Å²) in [7, 11) is 1.53. The van der Waals surface area contributed by atoms with Crippen LogP contribution in [0.4, 0.5) is 10.6 Å². The number of nitrogens with one attached hydrogen (secondary N) is 3. The highest BCUT2D eigenvalue weighted by Gasteiger charge is 2.40. The molecular weight excluding hydrogens is 520 g/mol. The summed E-state index contributed by atoms with van der Waals surface area (Å²) in [5.74, 6) is -0.398. The van der Waals surface area contributed by atoms with E-state index in [-0.39, 0.29) is 37.0 Å². The van der Waals surface area contributed by atoms with Crippen LogP contribution >= 0.6 is 22.9 Å². The largest absolute Gasteiger partial charge is 0.495 e. The van der Waals surface area contributed by atoms with Gasteiger partial charge in [0.15, 0.2) is 0 Å². The summed E-state index contributed by atoms with van der Waals surface area (Å²) in [6, 6.07) is 5.40. The molecule has 0 spiro atoms. The van der Waals surface area contributed by atoms with Gasteiger partial charge in [0, 0.05) is 12.5 Å². The number of urea groups is 1. The molecule has 3 N–H and O–H groups in total. The summed E-state index contributed by atoms with van der Waals surface area (Å²) < 4.78 is 6.12. The summed E-state index contributed by atoms with van der Waals surface area (Å²) in [6.07, 6.45) is 0.430. The quantitative estimate of drug-likeness (QED) is 0.420. The van der Waals surface area contributed by atoms with Gasteiger partial charge in [0.25, 0.3) is 5.91 Å². The third kappa shape index (κ3) is 4.69. The third-order valence-electron chi connectivity index (χ3n) is 6.24. The maximum atomic E-state index is 12.8. The monoisotopic (exact) mass is 542 g/mol. The number of nitrogens with zero attached hydrogens (tertiary/aromatic N) is 3. The summed E-state index contributed by atoms with van der Waals surface area (Å²) in [5.41, 5.74) is 0.702. The van der Waals surface area contributed by atoms with Crippen molar-refractivity contribution in [1.29, 1.82) is 0 Å². The van der Waals surface area contributed by atoms with Gasteiger partial charge in [-0.25, -0.2) is 14.8 Å². The van der Waals surface area contributed by atoms with Crippen molar-refractivity contribution in [2.45, 2.75) is 44.8 Å². The minimum Gasteiger partial charge on any atom is -0.495 e. The lowest BCUT2D eigenvalue weighted by Gasteiger charge is -2.29. The molecule has 11 nitrogen and oxygen atoms in total. The van der Waals surface area contributed by atoms with Gasteiger partial charge in [-0.05, 0) is 38.5 Å². The molecule has 0 bridgehead atoms. The van der Waals surface area contributed by atoms with E-state index in [9.17, 15) is 19.2 Å². The van der Waals surface area contributed by atoms with Gasteiger partial charge in [-0.2, -0.15) is 0 Å². The smallest absolute Gasteiger partial charge is 0.321 e. The van der Waals surface area contributed by atoms with Gasteiger partial charge in [-0.15, -0.1) is 11.3 Å². The summed E-state index contributed by atoms with van der Waals surface area (Å²) in [5, 5.41) is 9.03. The number of imide groups is 1. The van der Waals surface area contributed by atoms with E-state index in [2.05, 4.69) is 25.9 Å². The fourth-order valence-electron chi connectivity index (χ4n) is 4.34. The molecule has 0 aliphatic carbocycles. The number of carbonyl (C=O) groups excluding carboxylic acids is 4. The number of fused-ring (bicyclic) bond motifs is 2. The van der Waals surface area contributed by atoms with Gasteiger partial charge < -0.3 is 15.0 Å². The lowest BCUT2D eigenvalue weighted by Crippen LogP contribution is -2.52. The Bertz CT molecular complexity index is 1470. The highest BCUT2D eigenvalue weighted by atomic mass is 35.5. The predicted octanol–water partition coefficient (Wildman–Crippen LogP) is 3.17. The van der Waals surface area contributed by atoms with Gasteiger partial charge in [0.2, 0.25) is 11.8 Å². The molecule has 1 fully saturated rings. The second-order valence-corrected chi connectivity index (χ2v) is 10.7. The van der Waals surface area contributed by atoms with Crippen molar-refractivity contribution in [3.63, 3.8) is 0 Å². The van der Waals surface area contributed by atoms with E-state index >= 15 is 0 Å². The molecule has 0 radical (unpaired) electrons. The van der Waals surface area contributed by atoms with Crippen LogP contribution in [0.25, 0.3) is 10.2 Å². The van der Waals surface area contributed by atoms with Crippen LogP contribution in [-0.4, -0.2) is 51.8 Å². The molecule has 192 valence electrons. The fraction of sp³-hybridized carbons (Fsp3) is 0.333. The molecule has 4 heterocycles. The molecule has 3 aromatic rings. The lowest BCUT2D eigenvalue weighted by molar-refractivity contribution is -0.136. The molecule has 5 amide bonds. The molecule has 2 aromatic heterocycles. The Labute approximate surface area is 220 Å². The number of halogens is 1. The molecule has 2 aliphatic heterocycles. The molecule has 1 unspecified atom stereocenters. The van der Waals surface area contributed by atoms with Crippen LogP contribution in [0, 0.1) is 0 Å². The number of amides is 5. The average Bonchev–Trinajstić information content (AvgIpc) is 3.39. The van der Waals surface area contributed by atoms with Crippen LogP contribution in [0.1, 0.15) is 47.7 Å². The van der Waals surface area contributed by atoms with Gasteiger partial charge in [0.1, 0.15) is 22.6 Å². The number of anilines is 1. The van der Waals surface area contributed by atoms with Crippen LogP contribution in [0.15, 0.2) is 24.3 Å². The van der Waals surface area contributed by atoms with Crippen molar-refractivity contribution in [3.8, 4) is 5.75 Å². The maximum Gasteiger partial charge on any atom is 0.321 e. The van der Waals surface area contributed by atoms with Gasteiger partial charge in [-0.1, -0.05) is 11.6 Å². The Morgan fingerprint density at radius 2 is 2.03 bits per heavy atom. The van der Waals surface area contributed by atoms with Crippen LogP contribution in [0.2, 0.25) is 5.02 Å². The van der Waals surface area contributed by atoms with Crippen molar-refractivity contribution in [3.05, 3.63) is 45.6 Å². The second kappa shape index (κ2) is 9.27. The van der Waals surface area contributed by atoms with Crippen LogP contribution < -0.4 is 20.7 Å². The number of thiazole rings is 1. The first-order valence-corrected chi connectivity index (χ1v) is 12.6. The molecule has 0 saturated carbocycles. The SMILES string of the molecule is COc1cc2nc(C(C)(C)NC(=O)Nc3ccc4c(n3)CN(C3CCC(=O)NC3=O)C4=O)sc2cc1Cl. The number of hydrogen-bond acceptors (Lipinski definition) is 8. The number of hydrogen-bond donors (Lipinski definition) is 3. The van der Waals surface area contributed by atoms with E-state index in [4.69, 9.17) is 16.3 Å². The van der Waals surface area contributed by atoms with Crippen LogP contribution in [0.5, 0.6) is 5.75 Å². The zero-order valence-corrected chi connectivity index (χ0v) is 21.7. The summed E-state index contributed by atoms with van der Waals surface area (Å²) in [4.78, 5) is 59.8. The van der Waals surface area contributed by atoms with Crippen molar-refractivity contribution in [2.75, 3.05) is 12.4 Å². The van der Waals surface area contributed by atoms with Crippen LogP contribution in [0.3, 0.4) is 0 Å². The zero-order chi connectivity index (χ0) is 26.5. The third-order valence-corrected chi connectivity index (χ3v) is 7.87. The first kappa shape index (κ1) is 24.9. The first-order valence-electron chi connectivity index (χ1n) is 11.4. The number of methoxy groups -OCH3 is 1. The van der Waals surface area contributed by atoms with Crippen LogP contribution in [-0.2, 0) is 21.7 Å². The van der Waals surface area contributed by atoms with Crippen molar-refractivity contribution < 1.29 is 23.9 Å². The second-order valence-electron chi connectivity index (χ2n) is 9.27. The van der Waals surface area contributed by atoms with Gasteiger partial charge in [-0.3, -0.25) is 25.0 Å². The standard InChI is InChI=1S/C24H23ClN6O5S/c1-24(2,22-27-13-9-16(36-3)12(25)8-17(13)37-22)30-23(35)28-18-6-4-11-14(26-18)10-31(21(11)34)15-5-7-19(32)29-20(15)33/h4,6,8-9,15H,5,7,10H2,1-3H3,(H,29,32,33)(H2,26,28,30,35). The number of carbonyl (C=O) groups is 4. The average molecular weight is 543 g/mol. The zero-order valence-electron chi connectivity index (χ0n) is 20.2. The summed E-state index contributed by atoms with van der Waals surface area (Å²) >= 11 is 7.64. The van der Waals surface area contributed by atoms with E-state index in [1.807, 2.05) is 13.8 Å². The molecule has 5 rings (SSSR count). The predicted molar refractivity (Wildman–Crippen MR) is 137 cm³/mol. The Balaban J connectivity index is 1.28. The number of piperidine rings is 1. The Morgan fingerprint density at radius 1 is 1.24 bits per heavy atom. The van der Waals surface area contributed by atoms with E-state index < -0.39 is 23.5 Å². The number of aromatic nitrogens is 2. The minimum atomic E-state index is -0.817. The Hall–Kier alpha value is -3.77. The highest BCUT2D eigenvalue weighted by Crippen LogP contribution is 2.36. The molecule has 2 aliphatic rings. The topological polar surface area (TPSA) is 143 Å². The van der Waals surface area contributed by atoms with Crippen molar-refractivity contribution in [2.24, 2.45) is 0 Å². The maximum absolute atomic E-state index is 12.8. The molecule has 1 atom stereocenters. The Kier molecular flexibility index (Phi) is 6.24. The van der Waals surface area contributed by atoms with E-state index in [1.165, 1.54) is 29.4 Å². The molecule has 1 aromatic carbocycles. The Morgan fingerprint density at radius 3 is 2.76 bits per heavy atom. The summed E-state index contributed by atoms with van der Waals surface area (Å²) in [6.45, 7) is 3.77. The minimum absolute atomic E-state index is 0.112. The number of rotatable bonds is 5. The van der Waals surface area contributed by atoms with E-state index in [1.54, 1.807) is 18.2 Å². The molecule has 13 heteroatoms. The number of pyridine rings is 1. The van der Waals surface area contributed by atoms with Crippen molar-refractivity contribution in [1.82, 2.24) is 25.5 Å². The normalized spacial score (nSPS) is 17.6. The van der Waals surface area contributed by atoms with Gasteiger partial charge in [0.05, 0.1) is 45.7 Å². The highest BCUT2D eigenvalue weighted by molar-refractivity contribution is 7.18. The lowest BCUT2D eigenvalue weighted by atomic mass is 10.0. The van der Waals surface area contributed by atoms with Gasteiger partial charge >= 0.3 is 6.03 Å². The first-order chi connectivity index (χ1) is 17.6. The van der Waals surface area contributed by atoms with E-state index in [0.717, 1.165) is 4.70 Å². The van der Waals surface area contributed by atoms with Crippen molar-refractivity contribution >= 4 is 62.7 Å². The van der Waals surface area contributed by atoms with E-state index in [0.29, 0.717) is 32.6 Å². The molecule has 1 saturated heterocycles.